The van der Waals surface area contributed by atoms with E-state index >= 15 is 0 Å². The third kappa shape index (κ3) is 3.05. The zero-order valence-corrected chi connectivity index (χ0v) is 11.3. The van der Waals surface area contributed by atoms with E-state index in [9.17, 15) is 14.9 Å². The molecule has 2 unspecified atom stereocenters. The quantitative estimate of drug-likeness (QED) is 0.650. The molecule has 0 aromatic heterocycles. The largest absolute Gasteiger partial charge is 0.330 e. The first-order valence-corrected chi connectivity index (χ1v) is 6.53. The summed E-state index contributed by atoms with van der Waals surface area (Å²) in [5, 5.41) is 13.3. The number of benzene rings is 1. The Hall–Kier alpha value is -2.15. The predicted octanol–water partition coefficient (Wildman–Crippen LogP) is 1.80. The number of hydrogen-bond acceptors (Lipinski definition) is 4. The number of nitro groups is 1. The minimum atomic E-state index is -0.472. The lowest BCUT2D eigenvalue weighted by Crippen LogP contribution is -2.37. The van der Waals surface area contributed by atoms with Gasteiger partial charge >= 0.3 is 6.03 Å². The Morgan fingerprint density at radius 2 is 2.15 bits per heavy atom. The summed E-state index contributed by atoms with van der Waals surface area (Å²) < 4.78 is 0. The van der Waals surface area contributed by atoms with Crippen LogP contribution in [0.3, 0.4) is 0 Å². The van der Waals surface area contributed by atoms with E-state index in [-0.39, 0.29) is 17.8 Å². The maximum absolute atomic E-state index is 12.1. The second kappa shape index (κ2) is 5.87. The van der Waals surface area contributed by atoms with Crippen molar-refractivity contribution in [2.45, 2.75) is 19.4 Å². The molecule has 0 saturated carbocycles. The zero-order chi connectivity index (χ0) is 14.7. The van der Waals surface area contributed by atoms with Crippen LogP contribution < -0.4 is 11.1 Å². The molecule has 0 bridgehead atoms. The molecule has 108 valence electrons. The summed E-state index contributed by atoms with van der Waals surface area (Å²) in [7, 11) is 0. The highest BCUT2D eigenvalue weighted by molar-refractivity contribution is 5.89. The fraction of sp³-hybridized carbons (Fsp3) is 0.462. The summed E-state index contributed by atoms with van der Waals surface area (Å²) in [5.41, 5.74) is 6.18. The van der Waals surface area contributed by atoms with E-state index in [1.807, 2.05) is 6.92 Å². The Balaban J connectivity index is 1.99. The first-order chi connectivity index (χ1) is 9.51. The third-order valence-electron chi connectivity index (χ3n) is 3.58. The maximum atomic E-state index is 12.1. The summed E-state index contributed by atoms with van der Waals surface area (Å²) in [4.78, 5) is 24.0. The standard InChI is InChI=1S/C13H18N4O3/c1-9-6-10(7-14)8-16(9)13(18)15-11-2-4-12(5-3-11)17(19)20/h2-5,9-10H,6-8,14H2,1H3,(H,15,18). The van der Waals surface area contributed by atoms with E-state index in [2.05, 4.69) is 5.32 Å². The molecule has 1 saturated heterocycles. The van der Waals surface area contributed by atoms with Crippen LogP contribution in [0.5, 0.6) is 0 Å². The third-order valence-corrected chi connectivity index (χ3v) is 3.58. The molecule has 0 radical (unpaired) electrons. The Kier molecular flexibility index (Phi) is 4.19. The number of urea groups is 1. The number of nitrogens with zero attached hydrogens (tertiary/aromatic N) is 2. The average molecular weight is 278 g/mol. The lowest BCUT2D eigenvalue weighted by atomic mass is 10.1. The Morgan fingerprint density at radius 3 is 2.65 bits per heavy atom. The number of carbonyl (C=O) groups excluding carboxylic acids is 1. The van der Waals surface area contributed by atoms with Crippen LogP contribution >= 0.6 is 0 Å². The molecular weight excluding hydrogens is 260 g/mol. The molecule has 1 heterocycles. The average Bonchev–Trinajstić information content (AvgIpc) is 2.80. The zero-order valence-electron chi connectivity index (χ0n) is 11.3. The van der Waals surface area contributed by atoms with Gasteiger partial charge in [-0.05, 0) is 37.9 Å². The van der Waals surface area contributed by atoms with Crippen molar-refractivity contribution in [1.29, 1.82) is 0 Å². The van der Waals surface area contributed by atoms with Crippen LogP contribution in [0.2, 0.25) is 0 Å². The maximum Gasteiger partial charge on any atom is 0.322 e. The normalized spacial score (nSPS) is 21.8. The van der Waals surface area contributed by atoms with Crippen molar-refractivity contribution < 1.29 is 9.72 Å². The van der Waals surface area contributed by atoms with Gasteiger partial charge in [-0.15, -0.1) is 0 Å². The molecule has 2 rings (SSSR count). The van der Waals surface area contributed by atoms with Crippen LogP contribution in [-0.2, 0) is 0 Å². The molecule has 3 N–H and O–H groups in total. The van der Waals surface area contributed by atoms with Gasteiger partial charge < -0.3 is 16.0 Å². The van der Waals surface area contributed by atoms with Gasteiger partial charge in [-0.1, -0.05) is 0 Å². The van der Waals surface area contributed by atoms with Gasteiger partial charge in [0.25, 0.3) is 5.69 Å². The molecule has 2 amide bonds. The van der Waals surface area contributed by atoms with Gasteiger partial charge in [-0.25, -0.2) is 4.79 Å². The van der Waals surface area contributed by atoms with Crippen molar-refractivity contribution in [1.82, 2.24) is 4.90 Å². The molecule has 1 aliphatic rings. The van der Waals surface area contributed by atoms with Gasteiger partial charge in [0, 0.05) is 30.4 Å². The lowest BCUT2D eigenvalue weighted by Gasteiger charge is -2.21. The van der Waals surface area contributed by atoms with Crippen molar-refractivity contribution in [3.63, 3.8) is 0 Å². The number of nitro benzene ring substituents is 1. The van der Waals surface area contributed by atoms with E-state index in [4.69, 9.17) is 5.73 Å². The highest BCUT2D eigenvalue weighted by Crippen LogP contribution is 2.23. The number of rotatable bonds is 3. The van der Waals surface area contributed by atoms with Gasteiger partial charge in [-0.3, -0.25) is 10.1 Å². The predicted molar refractivity (Wildman–Crippen MR) is 75.4 cm³/mol. The molecule has 1 aromatic rings. The van der Waals surface area contributed by atoms with Crippen molar-refractivity contribution in [2.75, 3.05) is 18.4 Å². The highest BCUT2D eigenvalue weighted by Gasteiger charge is 2.31. The van der Waals surface area contributed by atoms with Gasteiger partial charge in [0.2, 0.25) is 0 Å². The number of nitrogens with two attached hydrogens (primary N) is 1. The molecule has 2 atom stereocenters. The minimum absolute atomic E-state index is 0.000681. The first-order valence-electron chi connectivity index (χ1n) is 6.53. The second-order valence-electron chi connectivity index (χ2n) is 5.07. The number of amides is 2. The van der Waals surface area contributed by atoms with E-state index in [0.717, 1.165) is 6.42 Å². The Bertz CT molecular complexity index is 503. The van der Waals surface area contributed by atoms with Crippen molar-refractivity contribution in [3.05, 3.63) is 34.4 Å². The summed E-state index contributed by atoms with van der Waals surface area (Å²) in [6.07, 6.45) is 0.907. The molecule has 1 fully saturated rings. The Morgan fingerprint density at radius 1 is 1.50 bits per heavy atom. The van der Waals surface area contributed by atoms with Gasteiger partial charge in [-0.2, -0.15) is 0 Å². The summed E-state index contributed by atoms with van der Waals surface area (Å²) in [6, 6.07) is 5.75. The molecular formula is C13H18N4O3. The van der Waals surface area contributed by atoms with E-state index in [1.165, 1.54) is 24.3 Å². The molecule has 0 spiro atoms. The summed E-state index contributed by atoms with van der Waals surface area (Å²) in [5.74, 6) is 0.340. The van der Waals surface area contributed by atoms with Crippen LogP contribution in [0.15, 0.2) is 24.3 Å². The van der Waals surface area contributed by atoms with Crippen LogP contribution in [0.1, 0.15) is 13.3 Å². The topological polar surface area (TPSA) is 102 Å². The number of nitrogens with one attached hydrogen (secondary N) is 1. The van der Waals surface area contributed by atoms with Gasteiger partial charge in [0.1, 0.15) is 0 Å². The number of non-ortho nitro benzene ring substituents is 1. The number of hydrogen-bond donors (Lipinski definition) is 2. The number of anilines is 1. The SMILES string of the molecule is CC1CC(CN)CN1C(=O)Nc1ccc([N+](=O)[O-])cc1. The lowest BCUT2D eigenvalue weighted by molar-refractivity contribution is -0.384. The molecule has 7 heteroatoms. The summed E-state index contributed by atoms with van der Waals surface area (Å²) >= 11 is 0. The smallest absolute Gasteiger partial charge is 0.322 e. The first kappa shape index (κ1) is 14.3. The van der Waals surface area contributed by atoms with Crippen molar-refractivity contribution in [2.24, 2.45) is 11.7 Å². The molecule has 1 aromatic carbocycles. The monoisotopic (exact) mass is 278 g/mol. The van der Waals surface area contributed by atoms with E-state index in [0.29, 0.717) is 24.7 Å². The van der Waals surface area contributed by atoms with E-state index < -0.39 is 4.92 Å². The summed E-state index contributed by atoms with van der Waals surface area (Å²) in [6.45, 7) is 3.22. The van der Waals surface area contributed by atoms with Crippen molar-refractivity contribution >= 4 is 17.4 Å². The van der Waals surface area contributed by atoms with Gasteiger partial charge in [0.15, 0.2) is 0 Å². The molecule has 7 nitrogen and oxygen atoms in total. The van der Waals surface area contributed by atoms with Crippen molar-refractivity contribution in [3.8, 4) is 0 Å². The van der Waals surface area contributed by atoms with E-state index in [1.54, 1.807) is 4.90 Å². The second-order valence-corrected chi connectivity index (χ2v) is 5.07. The molecule has 20 heavy (non-hydrogen) atoms. The van der Waals surface area contributed by atoms with Crippen LogP contribution in [0, 0.1) is 16.0 Å². The number of carbonyl (C=O) groups is 1. The van der Waals surface area contributed by atoms with Gasteiger partial charge in [0.05, 0.1) is 4.92 Å². The number of likely N-dealkylation sites (tertiary alicyclic amines) is 1. The Labute approximate surface area is 116 Å². The minimum Gasteiger partial charge on any atom is -0.330 e. The van der Waals surface area contributed by atoms with Crippen LogP contribution in [0.4, 0.5) is 16.2 Å². The fourth-order valence-corrected chi connectivity index (χ4v) is 2.46. The molecule has 1 aliphatic heterocycles. The van der Waals surface area contributed by atoms with Crippen LogP contribution in [-0.4, -0.2) is 35.0 Å². The van der Waals surface area contributed by atoms with Crippen LogP contribution in [0.25, 0.3) is 0 Å². The fourth-order valence-electron chi connectivity index (χ4n) is 2.46. The highest BCUT2D eigenvalue weighted by atomic mass is 16.6. The molecule has 0 aliphatic carbocycles.